The van der Waals surface area contributed by atoms with E-state index in [0.717, 1.165) is 38.5 Å². The van der Waals surface area contributed by atoms with E-state index < -0.39 is 12.1 Å². The van der Waals surface area contributed by atoms with Gasteiger partial charge in [-0.15, -0.1) is 0 Å². The molecule has 0 aliphatic rings. The van der Waals surface area contributed by atoms with E-state index >= 15 is 0 Å². The first-order chi connectivity index (χ1) is 34.0. The average Bonchev–Trinajstić information content (AvgIpc) is 3.35. The van der Waals surface area contributed by atoms with Gasteiger partial charge in [0.1, 0.15) is 0 Å². The number of nitrogens with one attached hydrogen (secondary N) is 1. The highest BCUT2D eigenvalue weighted by atomic mass is 16.5. The molecule has 0 aromatic heterocycles. The lowest BCUT2D eigenvalue weighted by Crippen LogP contribution is -2.45. The third-order valence-electron chi connectivity index (χ3n) is 15.2. The van der Waals surface area contributed by atoms with Gasteiger partial charge < -0.3 is 20.3 Å². The zero-order chi connectivity index (χ0) is 50.0. The molecule has 0 saturated heterocycles. The second-order valence-corrected chi connectivity index (χ2v) is 22.1. The monoisotopic (exact) mass is 976 g/mol. The average molecular weight is 977 g/mol. The number of ether oxygens (including phenoxy) is 1. The largest absolute Gasteiger partial charge is 0.466 e. The molecule has 0 rings (SSSR count). The summed E-state index contributed by atoms with van der Waals surface area (Å²) in [4.78, 5) is 24.6. The number of aliphatic hydroxyl groups is 2. The molecule has 0 heterocycles. The van der Waals surface area contributed by atoms with Gasteiger partial charge in [-0.3, -0.25) is 9.59 Å². The van der Waals surface area contributed by atoms with E-state index in [4.69, 9.17) is 4.74 Å². The maximum atomic E-state index is 12.5. The van der Waals surface area contributed by atoms with E-state index in [1.807, 2.05) is 0 Å². The summed E-state index contributed by atoms with van der Waals surface area (Å²) in [6.45, 7) is 4.98. The summed E-state index contributed by atoms with van der Waals surface area (Å²) >= 11 is 0. The Morgan fingerprint density at radius 1 is 0.348 bits per heavy atom. The van der Waals surface area contributed by atoms with Crippen LogP contribution in [0.2, 0.25) is 0 Å². The van der Waals surface area contributed by atoms with Gasteiger partial charge in [0.15, 0.2) is 0 Å². The molecule has 6 heteroatoms. The van der Waals surface area contributed by atoms with Gasteiger partial charge in [0.2, 0.25) is 5.91 Å². The molecule has 0 aromatic carbocycles. The van der Waals surface area contributed by atoms with E-state index in [0.29, 0.717) is 25.9 Å². The zero-order valence-corrected chi connectivity index (χ0v) is 47.1. The molecule has 2 unspecified atom stereocenters. The molecule has 69 heavy (non-hydrogen) atoms. The fourth-order valence-corrected chi connectivity index (χ4v) is 10.3. The molecule has 0 aromatic rings. The SMILES string of the molecule is CCCCCCCCCCCCCCCCCCCCC(=O)OCCCCCCCCCCCCCCCCCCC(=O)NC(CO)C(O)CCCCCCCCCCCCCCCCCCCC. The Hall–Kier alpha value is -1.14. The number of carbonyl (C=O) groups excluding carboxylic acids is 2. The minimum Gasteiger partial charge on any atom is -0.466 e. The third kappa shape index (κ3) is 56.0. The fourth-order valence-electron chi connectivity index (χ4n) is 10.3. The number of hydrogen-bond acceptors (Lipinski definition) is 5. The van der Waals surface area contributed by atoms with Gasteiger partial charge in [0, 0.05) is 12.8 Å². The zero-order valence-electron chi connectivity index (χ0n) is 47.1. The molecule has 3 N–H and O–H groups in total. The summed E-state index contributed by atoms with van der Waals surface area (Å²) in [6.07, 6.45) is 69.6. The first-order valence-corrected chi connectivity index (χ1v) is 31.8. The van der Waals surface area contributed by atoms with Gasteiger partial charge in [-0.05, 0) is 25.7 Å². The molecule has 0 aliphatic carbocycles. The van der Waals surface area contributed by atoms with Crippen molar-refractivity contribution in [3.8, 4) is 0 Å². The molecule has 0 fully saturated rings. The van der Waals surface area contributed by atoms with Gasteiger partial charge in [-0.25, -0.2) is 0 Å². The summed E-state index contributed by atoms with van der Waals surface area (Å²) < 4.78 is 5.50. The number of amides is 1. The Labute approximate surface area is 432 Å². The van der Waals surface area contributed by atoms with E-state index in [2.05, 4.69) is 19.2 Å². The highest BCUT2D eigenvalue weighted by molar-refractivity contribution is 5.76. The van der Waals surface area contributed by atoms with Crippen LogP contribution in [0.3, 0.4) is 0 Å². The van der Waals surface area contributed by atoms with Gasteiger partial charge in [-0.1, -0.05) is 328 Å². The van der Waals surface area contributed by atoms with Crippen molar-refractivity contribution in [1.29, 1.82) is 0 Å². The predicted molar refractivity (Wildman–Crippen MR) is 301 cm³/mol. The highest BCUT2D eigenvalue weighted by Crippen LogP contribution is 2.19. The summed E-state index contributed by atoms with van der Waals surface area (Å²) in [7, 11) is 0. The summed E-state index contributed by atoms with van der Waals surface area (Å²) in [5.74, 6) is -0.0284. The van der Waals surface area contributed by atoms with Crippen molar-refractivity contribution in [2.75, 3.05) is 13.2 Å². The topological polar surface area (TPSA) is 95.9 Å². The fraction of sp³-hybridized carbons (Fsp3) is 0.968. The van der Waals surface area contributed by atoms with Crippen LogP contribution in [0, 0.1) is 0 Å². The molecule has 0 bridgehead atoms. The molecule has 0 saturated carbocycles. The van der Waals surface area contributed by atoms with Crippen molar-refractivity contribution in [1.82, 2.24) is 5.32 Å². The molecule has 6 nitrogen and oxygen atoms in total. The van der Waals surface area contributed by atoms with Gasteiger partial charge in [-0.2, -0.15) is 0 Å². The van der Waals surface area contributed by atoms with Crippen molar-refractivity contribution >= 4 is 11.9 Å². The number of unbranched alkanes of at least 4 members (excludes halogenated alkanes) is 49. The predicted octanol–water partition coefficient (Wildman–Crippen LogP) is 19.9. The third-order valence-corrected chi connectivity index (χ3v) is 15.2. The van der Waals surface area contributed by atoms with Gasteiger partial charge in [0.25, 0.3) is 0 Å². The standard InChI is InChI=1S/C63H125NO5/c1-3-5-7-9-11-13-15-17-19-21-23-27-31-35-39-43-47-51-55-61(66)60(59-65)64-62(67)56-52-48-44-40-36-32-28-25-26-30-34-38-42-46-50-54-58-69-63(68)57-53-49-45-41-37-33-29-24-22-20-18-16-14-12-10-8-6-4-2/h60-61,65-66H,3-59H2,1-2H3,(H,64,67). The maximum absolute atomic E-state index is 12.5. The normalized spacial score (nSPS) is 12.5. The number of carbonyl (C=O) groups is 2. The Kier molecular flexibility index (Phi) is 58.4. The van der Waals surface area contributed by atoms with Crippen LogP contribution in [0.1, 0.15) is 367 Å². The Balaban J connectivity index is 3.39. The Morgan fingerprint density at radius 3 is 0.884 bits per heavy atom. The van der Waals surface area contributed by atoms with Crippen LogP contribution in [0.4, 0.5) is 0 Å². The molecular weight excluding hydrogens is 851 g/mol. The van der Waals surface area contributed by atoms with Crippen LogP contribution in [0.15, 0.2) is 0 Å². The van der Waals surface area contributed by atoms with E-state index in [1.165, 1.54) is 295 Å². The highest BCUT2D eigenvalue weighted by Gasteiger charge is 2.20. The molecule has 0 spiro atoms. The number of hydrogen-bond donors (Lipinski definition) is 3. The lowest BCUT2D eigenvalue weighted by atomic mass is 10.0. The minimum atomic E-state index is -0.668. The molecule has 1 amide bonds. The molecule has 412 valence electrons. The minimum absolute atomic E-state index is 0.00899. The summed E-state index contributed by atoms with van der Waals surface area (Å²) in [6, 6.07) is -0.546. The smallest absolute Gasteiger partial charge is 0.305 e. The van der Waals surface area contributed by atoms with Crippen molar-refractivity contribution in [2.45, 2.75) is 379 Å². The van der Waals surface area contributed by atoms with Crippen LogP contribution < -0.4 is 5.32 Å². The molecule has 0 radical (unpaired) electrons. The maximum Gasteiger partial charge on any atom is 0.305 e. The van der Waals surface area contributed by atoms with E-state index in [1.54, 1.807) is 0 Å². The van der Waals surface area contributed by atoms with Crippen LogP contribution in [0.5, 0.6) is 0 Å². The van der Waals surface area contributed by atoms with Gasteiger partial charge >= 0.3 is 5.97 Å². The summed E-state index contributed by atoms with van der Waals surface area (Å²) in [5.41, 5.74) is 0. The van der Waals surface area contributed by atoms with Crippen LogP contribution in [-0.2, 0) is 14.3 Å². The lowest BCUT2D eigenvalue weighted by molar-refractivity contribution is -0.143. The van der Waals surface area contributed by atoms with Gasteiger partial charge in [0.05, 0.1) is 25.4 Å². The Morgan fingerprint density at radius 2 is 0.594 bits per heavy atom. The van der Waals surface area contributed by atoms with E-state index in [-0.39, 0.29) is 18.5 Å². The lowest BCUT2D eigenvalue weighted by Gasteiger charge is -2.22. The summed E-state index contributed by atoms with van der Waals surface area (Å²) in [5, 5.41) is 23.3. The Bertz CT molecular complexity index is 990. The molecular formula is C63H125NO5. The quantitative estimate of drug-likeness (QED) is 0.0417. The van der Waals surface area contributed by atoms with Crippen molar-refractivity contribution in [3.05, 3.63) is 0 Å². The van der Waals surface area contributed by atoms with E-state index in [9.17, 15) is 19.8 Å². The molecule has 2 atom stereocenters. The van der Waals surface area contributed by atoms with Crippen molar-refractivity contribution in [2.24, 2.45) is 0 Å². The number of rotatable bonds is 60. The van der Waals surface area contributed by atoms with Crippen molar-refractivity contribution < 1.29 is 24.5 Å². The first kappa shape index (κ1) is 67.9. The van der Waals surface area contributed by atoms with Crippen molar-refractivity contribution in [3.63, 3.8) is 0 Å². The second kappa shape index (κ2) is 59.4. The van der Waals surface area contributed by atoms with Crippen LogP contribution in [0.25, 0.3) is 0 Å². The molecule has 0 aliphatic heterocycles. The van der Waals surface area contributed by atoms with Crippen LogP contribution >= 0.6 is 0 Å². The first-order valence-electron chi connectivity index (χ1n) is 31.8. The second-order valence-electron chi connectivity index (χ2n) is 22.1. The van der Waals surface area contributed by atoms with Crippen LogP contribution in [-0.4, -0.2) is 47.4 Å². The number of aliphatic hydroxyl groups excluding tert-OH is 2. The number of esters is 1.